The van der Waals surface area contributed by atoms with Crippen molar-refractivity contribution in [1.29, 1.82) is 0 Å². The van der Waals surface area contributed by atoms with E-state index in [2.05, 4.69) is 42.0 Å². The zero-order valence-electron chi connectivity index (χ0n) is 15.6. The van der Waals surface area contributed by atoms with E-state index in [4.69, 9.17) is 4.99 Å². The third-order valence-corrected chi connectivity index (χ3v) is 5.57. The van der Waals surface area contributed by atoms with Crippen molar-refractivity contribution in [1.82, 2.24) is 15.5 Å². The molecule has 0 aromatic carbocycles. The zero-order chi connectivity index (χ0) is 17.9. The van der Waals surface area contributed by atoms with Crippen molar-refractivity contribution >= 4 is 23.2 Å². The van der Waals surface area contributed by atoms with E-state index in [1.54, 1.807) is 11.3 Å². The van der Waals surface area contributed by atoms with Crippen molar-refractivity contribution in [2.75, 3.05) is 32.7 Å². The average molecular weight is 365 g/mol. The molecule has 2 heterocycles. The largest absolute Gasteiger partial charge is 0.357 e. The number of nitrogens with one attached hydrogen (secondary N) is 2. The van der Waals surface area contributed by atoms with Gasteiger partial charge in [-0.15, -0.1) is 11.3 Å². The molecule has 0 radical (unpaired) electrons. The second-order valence-corrected chi connectivity index (χ2v) is 7.59. The standard InChI is InChI=1S/C19H32N4OS/c1-3-20-19(22-15-16(2)17-9-7-14-25-17)21-11-8-13-23-12-6-4-5-10-18(23)24/h7,9,14,16H,3-6,8,10-13,15H2,1-2H3,(H2,20,21,22). The summed E-state index contributed by atoms with van der Waals surface area (Å²) in [6, 6.07) is 4.26. The molecule has 1 saturated heterocycles. The van der Waals surface area contributed by atoms with Gasteiger partial charge in [-0.25, -0.2) is 0 Å². The number of rotatable bonds is 8. The highest BCUT2D eigenvalue weighted by Crippen LogP contribution is 2.20. The number of hydrogen-bond donors (Lipinski definition) is 2. The maximum atomic E-state index is 12.0. The van der Waals surface area contributed by atoms with Crippen LogP contribution in [0.15, 0.2) is 22.5 Å². The molecule has 6 heteroatoms. The first-order valence-electron chi connectivity index (χ1n) is 9.54. The third kappa shape index (κ3) is 7.06. The lowest BCUT2D eigenvalue weighted by atomic mass is 10.1. The predicted molar refractivity (Wildman–Crippen MR) is 106 cm³/mol. The average Bonchev–Trinajstić information content (AvgIpc) is 3.07. The zero-order valence-corrected chi connectivity index (χ0v) is 16.4. The molecule has 1 unspecified atom stereocenters. The first kappa shape index (κ1) is 19.8. The lowest BCUT2D eigenvalue weighted by Gasteiger charge is -2.21. The topological polar surface area (TPSA) is 56.7 Å². The summed E-state index contributed by atoms with van der Waals surface area (Å²) in [5.41, 5.74) is 0. The Morgan fingerprint density at radius 3 is 3.00 bits per heavy atom. The fourth-order valence-electron chi connectivity index (χ4n) is 2.98. The third-order valence-electron chi connectivity index (χ3n) is 4.47. The summed E-state index contributed by atoms with van der Waals surface area (Å²) in [6.45, 7) is 8.52. The molecule has 0 aliphatic carbocycles. The van der Waals surface area contributed by atoms with E-state index in [0.29, 0.717) is 11.8 Å². The van der Waals surface area contributed by atoms with Crippen LogP contribution in [0.5, 0.6) is 0 Å². The number of hydrogen-bond acceptors (Lipinski definition) is 3. The van der Waals surface area contributed by atoms with E-state index in [1.165, 1.54) is 11.3 Å². The molecule has 0 bridgehead atoms. The minimum Gasteiger partial charge on any atom is -0.357 e. The van der Waals surface area contributed by atoms with Crippen LogP contribution in [-0.2, 0) is 4.79 Å². The molecule has 1 aromatic rings. The number of nitrogens with zero attached hydrogens (tertiary/aromatic N) is 2. The van der Waals surface area contributed by atoms with E-state index in [0.717, 1.165) is 64.4 Å². The van der Waals surface area contributed by atoms with Gasteiger partial charge in [-0.3, -0.25) is 9.79 Å². The van der Waals surface area contributed by atoms with Gasteiger partial charge in [-0.05, 0) is 37.6 Å². The second kappa shape index (κ2) is 11.1. The van der Waals surface area contributed by atoms with Crippen LogP contribution in [0, 0.1) is 0 Å². The van der Waals surface area contributed by atoms with E-state index in [1.807, 2.05) is 4.90 Å². The van der Waals surface area contributed by atoms with Crippen LogP contribution in [-0.4, -0.2) is 49.5 Å². The molecule has 1 amide bonds. The number of aliphatic imine (C=N–C) groups is 1. The summed E-state index contributed by atoms with van der Waals surface area (Å²) in [5.74, 6) is 1.63. The van der Waals surface area contributed by atoms with Crippen molar-refractivity contribution in [3.63, 3.8) is 0 Å². The van der Waals surface area contributed by atoms with Gasteiger partial charge in [0.2, 0.25) is 5.91 Å². The maximum absolute atomic E-state index is 12.0. The molecular weight excluding hydrogens is 332 g/mol. The molecule has 2 N–H and O–H groups in total. The Kier molecular flexibility index (Phi) is 8.80. The Morgan fingerprint density at radius 2 is 2.24 bits per heavy atom. The summed E-state index contributed by atoms with van der Waals surface area (Å²) < 4.78 is 0. The maximum Gasteiger partial charge on any atom is 0.222 e. The van der Waals surface area contributed by atoms with Gasteiger partial charge in [0.25, 0.3) is 0 Å². The van der Waals surface area contributed by atoms with Crippen LogP contribution < -0.4 is 10.6 Å². The number of amides is 1. The molecule has 25 heavy (non-hydrogen) atoms. The number of thiophene rings is 1. The van der Waals surface area contributed by atoms with Crippen molar-refractivity contribution in [3.05, 3.63) is 22.4 Å². The highest BCUT2D eigenvalue weighted by atomic mass is 32.1. The van der Waals surface area contributed by atoms with E-state index in [-0.39, 0.29) is 0 Å². The minimum absolute atomic E-state index is 0.322. The van der Waals surface area contributed by atoms with Gasteiger partial charge in [0, 0.05) is 43.4 Å². The van der Waals surface area contributed by atoms with Crippen molar-refractivity contribution in [2.24, 2.45) is 4.99 Å². The quantitative estimate of drug-likeness (QED) is 0.423. The molecule has 1 aliphatic heterocycles. The van der Waals surface area contributed by atoms with Crippen LogP contribution in [0.25, 0.3) is 0 Å². The lowest BCUT2D eigenvalue weighted by molar-refractivity contribution is -0.130. The molecule has 140 valence electrons. The van der Waals surface area contributed by atoms with Gasteiger partial charge in [-0.1, -0.05) is 19.4 Å². The van der Waals surface area contributed by atoms with Gasteiger partial charge in [0.15, 0.2) is 5.96 Å². The highest BCUT2D eigenvalue weighted by molar-refractivity contribution is 7.10. The first-order valence-corrected chi connectivity index (χ1v) is 10.4. The summed E-state index contributed by atoms with van der Waals surface area (Å²) in [7, 11) is 0. The molecule has 0 spiro atoms. The monoisotopic (exact) mass is 364 g/mol. The van der Waals surface area contributed by atoms with Gasteiger partial charge < -0.3 is 15.5 Å². The lowest BCUT2D eigenvalue weighted by Crippen LogP contribution is -2.39. The SMILES string of the molecule is CCNC(=NCC(C)c1cccs1)NCCCN1CCCCCC1=O. The fraction of sp³-hybridized carbons (Fsp3) is 0.684. The second-order valence-electron chi connectivity index (χ2n) is 6.61. The first-order chi connectivity index (χ1) is 12.2. The van der Waals surface area contributed by atoms with Crippen molar-refractivity contribution in [3.8, 4) is 0 Å². The van der Waals surface area contributed by atoms with E-state index in [9.17, 15) is 4.79 Å². The minimum atomic E-state index is 0.322. The summed E-state index contributed by atoms with van der Waals surface area (Å²) in [5, 5.41) is 8.81. The van der Waals surface area contributed by atoms with Crippen molar-refractivity contribution in [2.45, 2.75) is 51.9 Å². The fourth-order valence-corrected chi connectivity index (χ4v) is 3.76. The van der Waals surface area contributed by atoms with Crippen molar-refractivity contribution < 1.29 is 4.79 Å². The molecular formula is C19H32N4OS. The number of guanidine groups is 1. The molecule has 1 atom stereocenters. The molecule has 1 aliphatic rings. The van der Waals surface area contributed by atoms with Crippen LogP contribution >= 0.6 is 11.3 Å². The smallest absolute Gasteiger partial charge is 0.222 e. The Labute approximate surface area is 155 Å². The molecule has 1 fully saturated rings. The summed E-state index contributed by atoms with van der Waals surface area (Å²) in [6.07, 6.45) is 5.05. The molecule has 1 aromatic heterocycles. The number of carbonyl (C=O) groups excluding carboxylic acids is 1. The Bertz CT molecular complexity index is 530. The predicted octanol–water partition coefficient (Wildman–Crippen LogP) is 3.20. The summed E-state index contributed by atoms with van der Waals surface area (Å²) in [4.78, 5) is 20.1. The molecule has 0 saturated carbocycles. The van der Waals surface area contributed by atoms with Gasteiger partial charge in [0.1, 0.15) is 0 Å². The van der Waals surface area contributed by atoms with Crippen LogP contribution in [0.2, 0.25) is 0 Å². The van der Waals surface area contributed by atoms with Gasteiger partial charge in [-0.2, -0.15) is 0 Å². The van der Waals surface area contributed by atoms with Crippen LogP contribution in [0.4, 0.5) is 0 Å². The van der Waals surface area contributed by atoms with Crippen LogP contribution in [0.3, 0.4) is 0 Å². The normalized spacial score (nSPS) is 17.3. The Hall–Kier alpha value is -1.56. The highest BCUT2D eigenvalue weighted by Gasteiger charge is 2.15. The van der Waals surface area contributed by atoms with Gasteiger partial charge >= 0.3 is 0 Å². The van der Waals surface area contributed by atoms with E-state index < -0.39 is 0 Å². The summed E-state index contributed by atoms with van der Waals surface area (Å²) >= 11 is 1.79. The Balaban J connectivity index is 1.73. The number of carbonyl (C=O) groups is 1. The molecule has 5 nitrogen and oxygen atoms in total. The van der Waals surface area contributed by atoms with E-state index >= 15 is 0 Å². The Morgan fingerprint density at radius 1 is 1.36 bits per heavy atom. The van der Waals surface area contributed by atoms with Crippen LogP contribution in [0.1, 0.15) is 56.7 Å². The number of likely N-dealkylation sites (tertiary alicyclic amines) is 1. The molecule has 2 rings (SSSR count). The van der Waals surface area contributed by atoms with Gasteiger partial charge in [0.05, 0.1) is 6.54 Å².